The Morgan fingerprint density at radius 3 is 2.56 bits per heavy atom. The number of carbonyl (C=O) groups is 1. The second kappa shape index (κ2) is 8.15. The molecule has 0 radical (unpaired) electrons. The van der Waals surface area contributed by atoms with Gasteiger partial charge in [-0.2, -0.15) is 4.31 Å². The van der Waals surface area contributed by atoms with Crippen molar-refractivity contribution in [3.05, 3.63) is 65.2 Å². The molecule has 0 unspecified atom stereocenters. The van der Waals surface area contributed by atoms with Crippen molar-refractivity contribution in [2.75, 3.05) is 18.4 Å². The number of hydrogen-bond acceptors (Lipinski definition) is 5. The lowest BCUT2D eigenvalue weighted by molar-refractivity contribution is -0.120. The highest BCUT2D eigenvalue weighted by Gasteiger charge is 2.32. The molecule has 3 aromatic carbocycles. The lowest BCUT2D eigenvalue weighted by Crippen LogP contribution is -2.41. The molecule has 1 saturated heterocycles. The molecule has 1 fully saturated rings. The van der Waals surface area contributed by atoms with Crippen LogP contribution >= 0.6 is 11.3 Å². The molecule has 0 spiro atoms. The number of nitrogens with one attached hydrogen (secondary N) is 1. The standard InChI is InChI=1S/C26H25N3O3S2/c1-16-5-9-20(10-6-16)34(31,32)29-13-11-18(12-14-29)25(30)28-26-27-24-21-4-2-3-17-7-8-19(23(17)21)15-22(24)33-26/h2-6,9-10,15,18H,7-8,11-14H2,1H3,(H,27,28,30). The Morgan fingerprint density at radius 2 is 1.79 bits per heavy atom. The van der Waals surface area contributed by atoms with Crippen molar-refractivity contribution in [2.24, 2.45) is 5.92 Å². The summed E-state index contributed by atoms with van der Waals surface area (Å²) in [5.41, 5.74) is 4.70. The number of sulfonamides is 1. The number of benzene rings is 3. The molecule has 174 valence electrons. The Kier molecular flexibility index (Phi) is 5.20. The van der Waals surface area contributed by atoms with E-state index >= 15 is 0 Å². The highest BCUT2D eigenvalue weighted by atomic mass is 32.2. The summed E-state index contributed by atoms with van der Waals surface area (Å²) in [4.78, 5) is 18.1. The molecular weight excluding hydrogens is 466 g/mol. The molecule has 0 bridgehead atoms. The van der Waals surface area contributed by atoms with E-state index < -0.39 is 10.0 Å². The number of anilines is 1. The molecule has 4 aromatic rings. The third-order valence-electron chi connectivity index (χ3n) is 7.06. The van der Waals surface area contributed by atoms with Gasteiger partial charge in [0.1, 0.15) is 0 Å². The fourth-order valence-electron chi connectivity index (χ4n) is 5.18. The largest absolute Gasteiger partial charge is 0.302 e. The highest BCUT2D eigenvalue weighted by Crippen LogP contribution is 2.39. The SMILES string of the molecule is Cc1ccc(S(=O)(=O)N2CCC(C(=O)Nc3nc4c(cc5c6c(cccc64)CC5)s3)CC2)cc1. The van der Waals surface area contributed by atoms with Crippen LogP contribution in [0, 0.1) is 12.8 Å². The average Bonchev–Trinajstić information content (AvgIpc) is 3.44. The monoisotopic (exact) mass is 491 g/mol. The first kappa shape index (κ1) is 21.7. The van der Waals surface area contributed by atoms with Crippen LogP contribution in [0.25, 0.3) is 21.0 Å². The minimum atomic E-state index is -3.54. The van der Waals surface area contributed by atoms with Crippen LogP contribution in [0.5, 0.6) is 0 Å². The summed E-state index contributed by atoms with van der Waals surface area (Å²) in [5, 5.41) is 6.10. The van der Waals surface area contributed by atoms with E-state index in [0.29, 0.717) is 36.0 Å². The predicted octanol–water partition coefficient (Wildman–Crippen LogP) is 4.90. The van der Waals surface area contributed by atoms with Gasteiger partial charge in [0.15, 0.2) is 5.13 Å². The van der Waals surface area contributed by atoms with Crippen LogP contribution in [0.2, 0.25) is 0 Å². The van der Waals surface area contributed by atoms with Gasteiger partial charge < -0.3 is 5.32 Å². The van der Waals surface area contributed by atoms with Gasteiger partial charge in [0.2, 0.25) is 15.9 Å². The van der Waals surface area contributed by atoms with Gasteiger partial charge in [0.05, 0.1) is 15.1 Å². The van der Waals surface area contributed by atoms with Crippen LogP contribution in [0.1, 0.15) is 29.5 Å². The smallest absolute Gasteiger partial charge is 0.243 e. The third kappa shape index (κ3) is 3.61. The number of carbonyl (C=O) groups excluding carboxylic acids is 1. The summed E-state index contributed by atoms with van der Waals surface area (Å²) in [7, 11) is -3.54. The maximum atomic E-state index is 13.0. The van der Waals surface area contributed by atoms with Crippen molar-refractivity contribution >= 4 is 53.4 Å². The number of amides is 1. The van der Waals surface area contributed by atoms with Gasteiger partial charge in [-0.05, 0) is 67.3 Å². The van der Waals surface area contributed by atoms with Gasteiger partial charge in [-0.1, -0.05) is 47.2 Å². The molecule has 1 N–H and O–H groups in total. The van der Waals surface area contributed by atoms with E-state index in [0.717, 1.165) is 34.0 Å². The fourth-order valence-corrected chi connectivity index (χ4v) is 7.60. The first-order valence-electron chi connectivity index (χ1n) is 11.6. The van der Waals surface area contributed by atoms with E-state index in [4.69, 9.17) is 4.98 Å². The number of nitrogens with zero attached hydrogens (tertiary/aromatic N) is 2. The van der Waals surface area contributed by atoms with E-state index in [2.05, 4.69) is 29.6 Å². The molecule has 6 nitrogen and oxygen atoms in total. The topological polar surface area (TPSA) is 79.4 Å². The Bertz CT molecular complexity index is 1530. The summed E-state index contributed by atoms with van der Waals surface area (Å²) in [6.45, 7) is 2.61. The Morgan fingerprint density at radius 1 is 1.06 bits per heavy atom. The van der Waals surface area contributed by atoms with E-state index in [9.17, 15) is 13.2 Å². The number of thiazole rings is 1. The van der Waals surface area contributed by atoms with Crippen LogP contribution < -0.4 is 5.32 Å². The van der Waals surface area contributed by atoms with Crippen molar-refractivity contribution in [3.63, 3.8) is 0 Å². The zero-order valence-corrected chi connectivity index (χ0v) is 20.5. The molecule has 2 heterocycles. The molecule has 2 aliphatic rings. The zero-order chi connectivity index (χ0) is 23.4. The molecule has 1 aliphatic heterocycles. The third-order valence-corrected chi connectivity index (χ3v) is 9.89. The Hall–Kier alpha value is -2.81. The maximum Gasteiger partial charge on any atom is 0.243 e. The molecule has 1 aromatic heterocycles. The minimum Gasteiger partial charge on any atom is -0.302 e. The lowest BCUT2D eigenvalue weighted by atomic mass is 9.97. The van der Waals surface area contributed by atoms with Gasteiger partial charge in [-0.3, -0.25) is 4.79 Å². The summed E-state index contributed by atoms with van der Waals surface area (Å²) in [6.07, 6.45) is 3.12. The number of hydrogen-bond donors (Lipinski definition) is 1. The van der Waals surface area contributed by atoms with Gasteiger partial charge >= 0.3 is 0 Å². The van der Waals surface area contributed by atoms with Crippen LogP contribution in [0.15, 0.2) is 53.4 Å². The van der Waals surface area contributed by atoms with E-state index in [-0.39, 0.29) is 11.8 Å². The highest BCUT2D eigenvalue weighted by molar-refractivity contribution is 7.89. The predicted molar refractivity (Wildman–Crippen MR) is 136 cm³/mol. The zero-order valence-electron chi connectivity index (χ0n) is 18.9. The molecule has 1 aliphatic carbocycles. The summed E-state index contributed by atoms with van der Waals surface area (Å²) in [5.74, 6) is -0.307. The number of piperidine rings is 1. The number of fused-ring (bicyclic) bond motifs is 2. The van der Waals surface area contributed by atoms with Gasteiger partial charge in [0.25, 0.3) is 0 Å². The van der Waals surface area contributed by atoms with Crippen molar-refractivity contribution < 1.29 is 13.2 Å². The molecule has 0 atom stereocenters. The van der Waals surface area contributed by atoms with Crippen molar-refractivity contribution in [3.8, 4) is 0 Å². The number of aryl methyl sites for hydroxylation is 3. The first-order chi connectivity index (χ1) is 16.4. The van der Waals surface area contributed by atoms with Crippen LogP contribution in [0.3, 0.4) is 0 Å². The Balaban J connectivity index is 1.17. The first-order valence-corrected chi connectivity index (χ1v) is 13.9. The summed E-state index contributed by atoms with van der Waals surface area (Å²) >= 11 is 1.51. The molecule has 0 saturated carbocycles. The van der Waals surface area contributed by atoms with E-state index in [1.807, 2.05) is 6.92 Å². The van der Waals surface area contributed by atoms with E-state index in [1.165, 1.54) is 32.2 Å². The summed E-state index contributed by atoms with van der Waals surface area (Å²) < 4.78 is 28.5. The van der Waals surface area contributed by atoms with Crippen LogP contribution in [-0.4, -0.2) is 36.7 Å². The molecule has 34 heavy (non-hydrogen) atoms. The second-order valence-corrected chi connectivity index (χ2v) is 12.2. The molecule has 8 heteroatoms. The van der Waals surface area contributed by atoms with Gasteiger partial charge in [-0.25, -0.2) is 13.4 Å². The fraction of sp³-hybridized carbons (Fsp3) is 0.308. The second-order valence-electron chi connectivity index (χ2n) is 9.22. The number of rotatable bonds is 4. The Labute approximate surface area is 202 Å². The molecule has 6 rings (SSSR count). The van der Waals surface area contributed by atoms with Crippen molar-refractivity contribution in [1.29, 1.82) is 0 Å². The van der Waals surface area contributed by atoms with Crippen LogP contribution in [0.4, 0.5) is 5.13 Å². The van der Waals surface area contributed by atoms with Crippen LogP contribution in [-0.2, 0) is 27.7 Å². The van der Waals surface area contributed by atoms with Crippen molar-refractivity contribution in [1.82, 2.24) is 9.29 Å². The maximum absolute atomic E-state index is 13.0. The minimum absolute atomic E-state index is 0.0799. The average molecular weight is 492 g/mol. The normalized spacial score (nSPS) is 17.0. The van der Waals surface area contributed by atoms with Crippen molar-refractivity contribution in [2.45, 2.75) is 37.5 Å². The quantitative estimate of drug-likeness (QED) is 0.441. The van der Waals surface area contributed by atoms with Gasteiger partial charge in [-0.15, -0.1) is 0 Å². The number of aromatic nitrogens is 1. The van der Waals surface area contributed by atoms with Gasteiger partial charge in [0, 0.05) is 24.4 Å². The van der Waals surface area contributed by atoms with E-state index in [1.54, 1.807) is 24.3 Å². The molecule has 1 amide bonds. The summed E-state index contributed by atoms with van der Waals surface area (Å²) in [6, 6.07) is 15.5. The lowest BCUT2D eigenvalue weighted by Gasteiger charge is -2.30. The molecular formula is C26H25N3O3S2.